The first-order chi connectivity index (χ1) is 10.4. The molecule has 22 heavy (non-hydrogen) atoms. The Labute approximate surface area is 128 Å². The molecule has 0 atom stereocenters. The van der Waals surface area contributed by atoms with Crippen molar-refractivity contribution in [2.24, 2.45) is 0 Å². The van der Waals surface area contributed by atoms with Gasteiger partial charge in [-0.15, -0.1) is 11.3 Å². The van der Waals surface area contributed by atoms with E-state index in [1.54, 1.807) is 0 Å². The maximum absolute atomic E-state index is 12.5. The van der Waals surface area contributed by atoms with Gasteiger partial charge in [0.05, 0.1) is 12.0 Å². The van der Waals surface area contributed by atoms with Gasteiger partial charge in [-0.1, -0.05) is 0 Å². The van der Waals surface area contributed by atoms with E-state index in [2.05, 4.69) is 4.98 Å². The Bertz CT molecular complexity index is 807. The second-order valence-electron chi connectivity index (χ2n) is 4.60. The molecule has 0 radical (unpaired) electrons. The van der Waals surface area contributed by atoms with E-state index in [1.807, 2.05) is 0 Å². The third-order valence-corrected chi connectivity index (χ3v) is 4.32. The molecule has 9 heteroatoms. The van der Waals surface area contributed by atoms with E-state index < -0.39 is 24.0 Å². The lowest BCUT2D eigenvalue weighted by atomic mass is 10.2. The number of nitrogens with zero attached hydrogens (tertiary/aromatic N) is 2. The van der Waals surface area contributed by atoms with Crippen LogP contribution in [0.3, 0.4) is 0 Å². The second-order valence-corrected chi connectivity index (χ2v) is 5.60. The summed E-state index contributed by atoms with van der Waals surface area (Å²) in [7, 11) is 1.48. The van der Waals surface area contributed by atoms with Crippen LogP contribution in [0.15, 0.2) is 4.79 Å². The van der Waals surface area contributed by atoms with Crippen molar-refractivity contribution in [1.29, 1.82) is 0 Å². The van der Waals surface area contributed by atoms with Gasteiger partial charge in [-0.25, -0.2) is 9.78 Å². The lowest BCUT2D eigenvalue weighted by molar-refractivity contribution is -0.137. The molecule has 0 saturated heterocycles. The molecule has 8 nitrogen and oxygen atoms in total. The smallest absolute Gasteiger partial charge is 0.346 e. The van der Waals surface area contributed by atoms with Crippen LogP contribution in [-0.4, -0.2) is 45.4 Å². The molecule has 2 heterocycles. The van der Waals surface area contributed by atoms with Crippen molar-refractivity contribution in [1.82, 2.24) is 9.55 Å². The van der Waals surface area contributed by atoms with Crippen molar-refractivity contribution < 1.29 is 24.5 Å². The molecular formula is C13H14N2O6S. The number of rotatable bonds is 6. The number of carboxylic acid groups (broad SMARTS) is 2. The average Bonchev–Trinajstić information content (AvgIpc) is 2.77. The SMILES string of the molecule is COCCc1nc2sc(C(=O)O)c(C)c2c(=O)n1CC(=O)O. The summed E-state index contributed by atoms with van der Waals surface area (Å²) < 4.78 is 5.98. The van der Waals surface area contributed by atoms with Gasteiger partial charge in [-0.05, 0) is 12.5 Å². The van der Waals surface area contributed by atoms with E-state index in [-0.39, 0.29) is 29.1 Å². The Balaban J connectivity index is 2.74. The van der Waals surface area contributed by atoms with Gasteiger partial charge in [-0.2, -0.15) is 0 Å². The molecule has 0 saturated carbocycles. The minimum Gasteiger partial charge on any atom is -0.480 e. The van der Waals surface area contributed by atoms with Gasteiger partial charge in [0.2, 0.25) is 0 Å². The summed E-state index contributed by atoms with van der Waals surface area (Å²) in [6.45, 7) is 1.26. The molecule has 2 aromatic heterocycles. The zero-order valence-electron chi connectivity index (χ0n) is 12.0. The minimum atomic E-state index is -1.17. The highest BCUT2D eigenvalue weighted by molar-refractivity contribution is 7.20. The van der Waals surface area contributed by atoms with Crippen LogP contribution < -0.4 is 5.56 Å². The zero-order chi connectivity index (χ0) is 16.4. The summed E-state index contributed by atoms with van der Waals surface area (Å²) in [4.78, 5) is 39.3. The molecule has 0 aromatic carbocycles. The Morgan fingerprint density at radius 1 is 1.36 bits per heavy atom. The first-order valence-corrected chi connectivity index (χ1v) is 7.15. The molecule has 118 valence electrons. The van der Waals surface area contributed by atoms with Crippen molar-refractivity contribution in [2.75, 3.05) is 13.7 Å². The van der Waals surface area contributed by atoms with Crippen molar-refractivity contribution in [2.45, 2.75) is 19.9 Å². The number of carboxylic acids is 2. The highest BCUT2D eigenvalue weighted by Crippen LogP contribution is 2.27. The van der Waals surface area contributed by atoms with E-state index >= 15 is 0 Å². The fourth-order valence-corrected chi connectivity index (χ4v) is 3.17. The van der Waals surface area contributed by atoms with Gasteiger partial charge in [0, 0.05) is 13.5 Å². The number of aliphatic carboxylic acids is 1. The Kier molecular flexibility index (Phi) is 4.57. The predicted octanol–water partition coefficient (Wildman–Crippen LogP) is 0.738. The molecule has 0 spiro atoms. The molecule has 0 fully saturated rings. The zero-order valence-corrected chi connectivity index (χ0v) is 12.8. The van der Waals surface area contributed by atoms with Crippen LogP contribution in [0, 0.1) is 6.92 Å². The number of fused-ring (bicyclic) bond motifs is 1. The van der Waals surface area contributed by atoms with Crippen molar-refractivity contribution in [3.63, 3.8) is 0 Å². The topological polar surface area (TPSA) is 119 Å². The van der Waals surface area contributed by atoms with Crippen molar-refractivity contribution in [3.05, 3.63) is 26.6 Å². The largest absolute Gasteiger partial charge is 0.480 e. The monoisotopic (exact) mass is 326 g/mol. The van der Waals surface area contributed by atoms with E-state index in [0.29, 0.717) is 10.4 Å². The van der Waals surface area contributed by atoms with Crippen LogP contribution in [0.2, 0.25) is 0 Å². The van der Waals surface area contributed by atoms with Crippen LogP contribution in [0.25, 0.3) is 10.2 Å². The van der Waals surface area contributed by atoms with Crippen molar-refractivity contribution in [3.8, 4) is 0 Å². The number of aromatic carboxylic acids is 1. The molecule has 2 aromatic rings. The Morgan fingerprint density at radius 2 is 2.05 bits per heavy atom. The lowest BCUT2D eigenvalue weighted by Crippen LogP contribution is -2.29. The van der Waals surface area contributed by atoms with Crippen molar-refractivity contribution >= 4 is 33.5 Å². The normalized spacial score (nSPS) is 11.0. The molecule has 0 bridgehead atoms. The summed E-state index contributed by atoms with van der Waals surface area (Å²) in [6.07, 6.45) is 0.258. The number of methoxy groups -OCH3 is 1. The standard InChI is InChI=1S/C13H14N2O6S/c1-6-9-11(22-10(6)13(19)20)14-7(3-4-21-2)15(12(9)18)5-8(16)17/h3-5H2,1-2H3,(H,16,17)(H,19,20). The average molecular weight is 326 g/mol. The first kappa shape index (κ1) is 16.1. The fourth-order valence-electron chi connectivity index (χ4n) is 2.15. The van der Waals surface area contributed by atoms with Crippen LogP contribution in [0.1, 0.15) is 21.1 Å². The molecular weight excluding hydrogens is 312 g/mol. The van der Waals surface area contributed by atoms with E-state index in [4.69, 9.17) is 14.9 Å². The number of hydrogen-bond acceptors (Lipinski definition) is 6. The van der Waals surface area contributed by atoms with Gasteiger partial charge in [0.25, 0.3) is 5.56 Å². The summed E-state index contributed by atoms with van der Waals surface area (Å²) in [5.74, 6) is -2.05. The number of aryl methyl sites for hydroxylation is 1. The minimum absolute atomic E-state index is 0.0327. The van der Waals surface area contributed by atoms with E-state index in [1.165, 1.54) is 14.0 Å². The lowest BCUT2D eigenvalue weighted by Gasteiger charge is -2.10. The quantitative estimate of drug-likeness (QED) is 0.803. The van der Waals surface area contributed by atoms with Crippen LogP contribution in [0.5, 0.6) is 0 Å². The number of hydrogen-bond donors (Lipinski definition) is 2. The highest BCUT2D eigenvalue weighted by atomic mass is 32.1. The summed E-state index contributed by atoms with van der Waals surface area (Å²) in [6, 6.07) is 0. The van der Waals surface area contributed by atoms with Crippen LogP contribution in [0.4, 0.5) is 0 Å². The third-order valence-electron chi connectivity index (χ3n) is 3.15. The maximum atomic E-state index is 12.5. The summed E-state index contributed by atoms with van der Waals surface area (Å²) >= 11 is 0.909. The molecule has 0 unspecified atom stereocenters. The second kappa shape index (κ2) is 6.24. The molecule has 2 rings (SSSR count). The van der Waals surface area contributed by atoms with Gasteiger partial charge in [-0.3, -0.25) is 14.2 Å². The number of aromatic nitrogens is 2. The molecule has 2 N–H and O–H groups in total. The fraction of sp³-hybridized carbons (Fsp3) is 0.385. The predicted molar refractivity (Wildman–Crippen MR) is 78.8 cm³/mol. The van der Waals surface area contributed by atoms with Gasteiger partial charge >= 0.3 is 11.9 Å². The number of thiophene rings is 1. The highest BCUT2D eigenvalue weighted by Gasteiger charge is 2.21. The molecule has 0 amide bonds. The Morgan fingerprint density at radius 3 is 2.59 bits per heavy atom. The van der Waals surface area contributed by atoms with Gasteiger partial charge in [0.15, 0.2) is 0 Å². The van der Waals surface area contributed by atoms with Gasteiger partial charge in [0.1, 0.15) is 22.1 Å². The summed E-state index contributed by atoms with van der Waals surface area (Å²) in [5.41, 5.74) is -0.234. The Hall–Kier alpha value is -2.26. The van der Waals surface area contributed by atoms with E-state index in [9.17, 15) is 14.4 Å². The van der Waals surface area contributed by atoms with Crippen LogP contribution >= 0.6 is 11.3 Å². The van der Waals surface area contributed by atoms with Crippen LogP contribution in [-0.2, 0) is 22.5 Å². The summed E-state index contributed by atoms with van der Waals surface area (Å²) in [5, 5.41) is 18.3. The third kappa shape index (κ3) is 2.85. The molecule has 0 aliphatic carbocycles. The van der Waals surface area contributed by atoms with Gasteiger partial charge < -0.3 is 14.9 Å². The number of carbonyl (C=O) groups is 2. The number of ether oxygens (including phenoxy) is 1. The molecule has 0 aliphatic rings. The maximum Gasteiger partial charge on any atom is 0.346 e. The molecule has 0 aliphatic heterocycles. The van der Waals surface area contributed by atoms with E-state index in [0.717, 1.165) is 15.9 Å². The first-order valence-electron chi connectivity index (χ1n) is 6.33.